The first kappa shape index (κ1) is 17.3. The smallest absolute Gasteiger partial charge is 0.255 e. The summed E-state index contributed by atoms with van der Waals surface area (Å²) in [6, 6.07) is 18.1. The first-order valence-corrected chi connectivity index (χ1v) is 9.08. The number of fused-ring (bicyclic) bond motifs is 1. The van der Waals surface area contributed by atoms with Crippen molar-refractivity contribution in [2.75, 3.05) is 0 Å². The lowest BCUT2D eigenvalue weighted by Crippen LogP contribution is -2.24. The zero-order valence-electron chi connectivity index (χ0n) is 15.4. The van der Waals surface area contributed by atoms with Crippen LogP contribution in [0.4, 0.5) is 5.69 Å². The Labute approximate surface area is 159 Å². The normalized spacial score (nSPS) is 13.3. The van der Waals surface area contributed by atoms with Crippen molar-refractivity contribution >= 4 is 5.69 Å². The Morgan fingerprint density at radius 2 is 1.81 bits per heavy atom. The van der Waals surface area contributed by atoms with Crippen molar-refractivity contribution < 1.29 is 0 Å². The van der Waals surface area contributed by atoms with Crippen molar-refractivity contribution in [3.05, 3.63) is 110 Å². The summed E-state index contributed by atoms with van der Waals surface area (Å²) in [5, 5.41) is 0. The summed E-state index contributed by atoms with van der Waals surface area (Å²) >= 11 is 0. The van der Waals surface area contributed by atoms with Crippen LogP contribution in [-0.4, -0.2) is 9.47 Å². The van der Waals surface area contributed by atoms with E-state index in [0.29, 0.717) is 18.8 Å². The van der Waals surface area contributed by atoms with Gasteiger partial charge >= 0.3 is 0 Å². The third-order valence-corrected chi connectivity index (χ3v) is 5.06. The number of pyridine rings is 1. The zero-order chi connectivity index (χ0) is 18.8. The molecule has 0 spiro atoms. The topological polar surface area (TPSA) is 29.6 Å². The van der Waals surface area contributed by atoms with Gasteiger partial charge in [0, 0.05) is 31.4 Å². The van der Waals surface area contributed by atoms with Gasteiger partial charge in [0.15, 0.2) is 5.69 Å². The predicted molar refractivity (Wildman–Crippen MR) is 107 cm³/mol. The molecule has 0 radical (unpaired) electrons. The second-order valence-corrected chi connectivity index (χ2v) is 7.17. The van der Waals surface area contributed by atoms with E-state index in [0.717, 1.165) is 35.3 Å². The maximum Gasteiger partial charge on any atom is 0.255 e. The summed E-state index contributed by atoms with van der Waals surface area (Å²) < 4.78 is 1.80. The van der Waals surface area contributed by atoms with Crippen LogP contribution in [0.3, 0.4) is 0 Å². The maximum absolute atomic E-state index is 12.9. The molecular weight excluding hydrogens is 334 g/mol. The molecule has 0 bridgehead atoms. The first-order chi connectivity index (χ1) is 13.1. The van der Waals surface area contributed by atoms with Crippen LogP contribution >= 0.6 is 0 Å². The van der Waals surface area contributed by atoms with Crippen LogP contribution in [0.5, 0.6) is 0 Å². The van der Waals surface area contributed by atoms with E-state index in [4.69, 9.17) is 6.57 Å². The molecule has 1 aromatic heterocycles. The Hall–Kier alpha value is -3.16. The molecule has 27 heavy (non-hydrogen) atoms. The Morgan fingerprint density at radius 1 is 1.00 bits per heavy atom. The van der Waals surface area contributed by atoms with Gasteiger partial charge in [-0.1, -0.05) is 54.1 Å². The highest BCUT2D eigenvalue weighted by Gasteiger charge is 2.22. The third kappa shape index (κ3) is 3.69. The van der Waals surface area contributed by atoms with Gasteiger partial charge < -0.3 is 4.57 Å². The van der Waals surface area contributed by atoms with Crippen LogP contribution in [0.1, 0.15) is 27.8 Å². The summed E-state index contributed by atoms with van der Waals surface area (Å²) in [6.07, 6.45) is 1.91. The SMILES string of the molecule is [C-]#[N+]c1cccc(CN2Cc3ccn(Cc4ccc(C)cc4)c(=O)c3C2)c1. The van der Waals surface area contributed by atoms with Crippen LogP contribution < -0.4 is 5.56 Å². The van der Waals surface area contributed by atoms with Crippen LogP contribution in [-0.2, 0) is 26.2 Å². The molecule has 0 unspecified atom stereocenters. The summed E-state index contributed by atoms with van der Waals surface area (Å²) in [7, 11) is 0. The van der Waals surface area contributed by atoms with Gasteiger partial charge in [-0.2, -0.15) is 0 Å². The van der Waals surface area contributed by atoms with E-state index < -0.39 is 0 Å². The highest BCUT2D eigenvalue weighted by Crippen LogP contribution is 2.23. The lowest BCUT2D eigenvalue weighted by molar-refractivity contribution is 0.275. The van der Waals surface area contributed by atoms with Crippen molar-refractivity contribution in [3.8, 4) is 0 Å². The average Bonchev–Trinajstić information content (AvgIpc) is 3.09. The molecule has 0 fully saturated rings. The number of hydrogen-bond donors (Lipinski definition) is 0. The largest absolute Gasteiger partial charge is 0.311 e. The summed E-state index contributed by atoms with van der Waals surface area (Å²) in [6.45, 7) is 12.0. The van der Waals surface area contributed by atoms with Gasteiger partial charge in [0.1, 0.15) is 0 Å². The maximum atomic E-state index is 12.9. The second kappa shape index (κ2) is 7.22. The lowest BCUT2D eigenvalue weighted by Gasteiger charge is -2.14. The van der Waals surface area contributed by atoms with E-state index in [1.165, 1.54) is 5.56 Å². The Morgan fingerprint density at radius 3 is 2.59 bits per heavy atom. The second-order valence-electron chi connectivity index (χ2n) is 7.17. The summed E-state index contributed by atoms with van der Waals surface area (Å²) in [4.78, 5) is 18.7. The number of aryl methyl sites for hydroxylation is 1. The van der Waals surface area contributed by atoms with Gasteiger partial charge in [-0.15, -0.1) is 0 Å². The molecule has 2 aromatic carbocycles. The van der Waals surface area contributed by atoms with Gasteiger partial charge in [-0.05, 0) is 29.7 Å². The number of hydrogen-bond acceptors (Lipinski definition) is 2. The fourth-order valence-electron chi connectivity index (χ4n) is 3.61. The van der Waals surface area contributed by atoms with E-state index >= 15 is 0 Å². The molecule has 3 aromatic rings. The predicted octanol–water partition coefficient (Wildman–Crippen LogP) is 4.27. The highest BCUT2D eigenvalue weighted by molar-refractivity contribution is 5.46. The summed E-state index contributed by atoms with van der Waals surface area (Å²) in [5.74, 6) is 0. The van der Waals surface area contributed by atoms with Crippen molar-refractivity contribution in [1.82, 2.24) is 9.47 Å². The monoisotopic (exact) mass is 355 g/mol. The fraction of sp³-hybridized carbons (Fsp3) is 0.217. The molecule has 4 heteroatoms. The Bertz CT molecular complexity index is 1070. The van der Waals surface area contributed by atoms with Crippen LogP contribution in [0.2, 0.25) is 0 Å². The van der Waals surface area contributed by atoms with Crippen molar-refractivity contribution in [3.63, 3.8) is 0 Å². The lowest BCUT2D eigenvalue weighted by atomic mass is 10.1. The van der Waals surface area contributed by atoms with Crippen LogP contribution in [0.25, 0.3) is 4.85 Å². The minimum atomic E-state index is 0.102. The number of rotatable bonds is 4. The molecule has 0 atom stereocenters. The minimum Gasteiger partial charge on any atom is -0.311 e. The molecule has 4 nitrogen and oxygen atoms in total. The van der Waals surface area contributed by atoms with Crippen LogP contribution in [0, 0.1) is 13.5 Å². The number of nitrogens with zero attached hydrogens (tertiary/aromatic N) is 3. The van der Waals surface area contributed by atoms with E-state index in [1.807, 2.05) is 30.5 Å². The van der Waals surface area contributed by atoms with Gasteiger partial charge in [-0.25, -0.2) is 4.85 Å². The van der Waals surface area contributed by atoms with Gasteiger partial charge in [0.25, 0.3) is 5.56 Å². The summed E-state index contributed by atoms with van der Waals surface area (Å²) in [5.41, 5.74) is 6.23. The van der Waals surface area contributed by atoms with Crippen molar-refractivity contribution in [2.45, 2.75) is 33.1 Å². The van der Waals surface area contributed by atoms with E-state index in [9.17, 15) is 4.79 Å². The molecule has 0 saturated heterocycles. The van der Waals surface area contributed by atoms with E-state index in [1.54, 1.807) is 4.57 Å². The minimum absolute atomic E-state index is 0.102. The molecule has 1 aliphatic rings. The average molecular weight is 355 g/mol. The molecule has 0 aliphatic carbocycles. The van der Waals surface area contributed by atoms with Gasteiger partial charge in [0.2, 0.25) is 0 Å². The van der Waals surface area contributed by atoms with E-state index in [-0.39, 0.29) is 5.56 Å². The molecule has 2 heterocycles. The molecular formula is C23H21N3O. The Kier molecular flexibility index (Phi) is 4.62. The molecule has 0 N–H and O–H groups in total. The number of aromatic nitrogens is 1. The molecule has 134 valence electrons. The quantitative estimate of drug-likeness (QED) is 0.654. The Balaban J connectivity index is 1.52. The zero-order valence-corrected chi connectivity index (χ0v) is 15.4. The molecule has 0 saturated carbocycles. The third-order valence-electron chi connectivity index (χ3n) is 5.06. The van der Waals surface area contributed by atoms with Gasteiger partial charge in [0.05, 0.1) is 13.1 Å². The van der Waals surface area contributed by atoms with Crippen molar-refractivity contribution in [2.24, 2.45) is 0 Å². The highest BCUT2D eigenvalue weighted by atomic mass is 16.1. The molecule has 0 amide bonds. The van der Waals surface area contributed by atoms with E-state index in [2.05, 4.69) is 47.0 Å². The van der Waals surface area contributed by atoms with Gasteiger partial charge in [-0.3, -0.25) is 9.69 Å². The standard InChI is InChI=1S/C23H21N3O/c1-17-6-8-18(9-7-17)14-26-11-10-20-15-25(16-22(20)23(26)27)13-19-4-3-5-21(12-19)24-2/h3-12H,13-16H2,1H3. The molecule has 1 aliphatic heterocycles. The first-order valence-electron chi connectivity index (χ1n) is 9.08. The molecule has 4 rings (SSSR count). The number of benzene rings is 2. The van der Waals surface area contributed by atoms with Crippen molar-refractivity contribution in [1.29, 1.82) is 0 Å². The fourth-order valence-corrected chi connectivity index (χ4v) is 3.61. The van der Waals surface area contributed by atoms with Crippen LogP contribution in [0.15, 0.2) is 65.6 Å².